The minimum Gasteiger partial charge on any atom is -0.366 e. The fourth-order valence-electron chi connectivity index (χ4n) is 2.62. The van der Waals surface area contributed by atoms with Gasteiger partial charge in [0.2, 0.25) is 5.91 Å². The van der Waals surface area contributed by atoms with E-state index in [2.05, 4.69) is 20.8 Å². The first-order valence-corrected chi connectivity index (χ1v) is 7.41. The molecule has 0 heterocycles. The summed E-state index contributed by atoms with van der Waals surface area (Å²) in [6.07, 6.45) is 0.925. The SMILES string of the molecule is CC(C)(C)CC(c1ccc(F)cc1)c1ccc(C(N)=O)cc1. The van der Waals surface area contributed by atoms with E-state index in [4.69, 9.17) is 5.73 Å². The van der Waals surface area contributed by atoms with Crippen molar-refractivity contribution in [2.24, 2.45) is 11.1 Å². The van der Waals surface area contributed by atoms with Gasteiger partial charge in [-0.3, -0.25) is 4.79 Å². The van der Waals surface area contributed by atoms with Gasteiger partial charge in [-0.05, 0) is 47.2 Å². The summed E-state index contributed by atoms with van der Waals surface area (Å²) in [5.41, 5.74) is 8.09. The van der Waals surface area contributed by atoms with E-state index in [1.165, 1.54) is 12.1 Å². The highest BCUT2D eigenvalue weighted by Gasteiger charge is 2.22. The second-order valence-electron chi connectivity index (χ2n) is 6.86. The topological polar surface area (TPSA) is 43.1 Å². The molecule has 0 bridgehead atoms. The molecule has 0 aliphatic carbocycles. The zero-order chi connectivity index (χ0) is 16.3. The molecule has 2 N–H and O–H groups in total. The zero-order valence-corrected chi connectivity index (χ0v) is 13.3. The lowest BCUT2D eigenvalue weighted by Gasteiger charge is -2.27. The molecule has 1 atom stereocenters. The van der Waals surface area contributed by atoms with E-state index in [9.17, 15) is 9.18 Å². The molecule has 3 heteroatoms. The Morgan fingerprint density at radius 1 is 1.00 bits per heavy atom. The van der Waals surface area contributed by atoms with E-state index >= 15 is 0 Å². The van der Waals surface area contributed by atoms with Crippen LogP contribution in [0.1, 0.15) is 54.6 Å². The first-order valence-electron chi connectivity index (χ1n) is 7.41. The Morgan fingerprint density at radius 2 is 1.45 bits per heavy atom. The van der Waals surface area contributed by atoms with E-state index in [0.717, 1.165) is 17.5 Å². The molecule has 0 spiro atoms. The number of halogens is 1. The number of primary amides is 1. The fraction of sp³-hybridized carbons (Fsp3) is 0.316. The second-order valence-corrected chi connectivity index (χ2v) is 6.86. The summed E-state index contributed by atoms with van der Waals surface area (Å²) in [4.78, 5) is 11.2. The lowest BCUT2D eigenvalue weighted by Crippen LogP contribution is -2.14. The average Bonchev–Trinajstić information content (AvgIpc) is 2.45. The summed E-state index contributed by atoms with van der Waals surface area (Å²) in [7, 11) is 0. The van der Waals surface area contributed by atoms with Crippen LogP contribution in [0.5, 0.6) is 0 Å². The normalized spacial score (nSPS) is 12.9. The van der Waals surface area contributed by atoms with Gasteiger partial charge >= 0.3 is 0 Å². The molecule has 2 aromatic rings. The minimum absolute atomic E-state index is 0.126. The molecule has 2 nitrogen and oxygen atoms in total. The van der Waals surface area contributed by atoms with Gasteiger partial charge in [0.15, 0.2) is 0 Å². The molecule has 0 fully saturated rings. The first kappa shape index (κ1) is 16.2. The lowest BCUT2D eigenvalue weighted by atomic mass is 9.78. The average molecular weight is 299 g/mol. The maximum absolute atomic E-state index is 13.2. The van der Waals surface area contributed by atoms with Crippen molar-refractivity contribution >= 4 is 5.91 Å². The molecular formula is C19H22FNO. The van der Waals surface area contributed by atoms with Gasteiger partial charge in [0.05, 0.1) is 0 Å². The Hall–Kier alpha value is -2.16. The summed E-state index contributed by atoms with van der Waals surface area (Å²) in [6, 6.07) is 14.0. The van der Waals surface area contributed by atoms with Crippen LogP contribution in [0.3, 0.4) is 0 Å². The molecule has 1 unspecified atom stereocenters. The van der Waals surface area contributed by atoms with Crippen LogP contribution in [0, 0.1) is 11.2 Å². The summed E-state index contributed by atoms with van der Waals surface area (Å²) in [6.45, 7) is 6.55. The van der Waals surface area contributed by atoms with Crippen molar-refractivity contribution in [2.45, 2.75) is 33.1 Å². The number of nitrogens with two attached hydrogens (primary N) is 1. The van der Waals surface area contributed by atoms with Gasteiger partial charge in [-0.25, -0.2) is 4.39 Å². The lowest BCUT2D eigenvalue weighted by molar-refractivity contribution is 0.1000. The van der Waals surface area contributed by atoms with Gasteiger partial charge in [0.1, 0.15) is 5.82 Å². The molecule has 0 aliphatic rings. The third-order valence-electron chi connectivity index (χ3n) is 3.69. The molecule has 2 aromatic carbocycles. The Bertz CT molecular complexity index is 639. The van der Waals surface area contributed by atoms with Gasteiger partial charge in [0.25, 0.3) is 0 Å². The van der Waals surface area contributed by atoms with Crippen LogP contribution in [0.25, 0.3) is 0 Å². The van der Waals surface area contributed by atoms with Gasteiger partial charge in [-0.15, -0.1) is 0 Å². The van der Waals surface area contributed by atoms with Gasteiger partial charge in [0, 0.05) is 11.5 Å². The van der Waals surface area contributed by atoms with E-state index < -0.39 is 5.91 Å². The van der Waals surface area contributed by atoms with Crippen molar-refractivity contribution < 1.29 is 9.18 Å². The van der Waals surface area contributed by atoms with Crippen LogP contribution >= 0.6 is 0 Å². The molecule has 0 radical (unpaired) electrons. The highest BCUT2D eigenvalue weighted by atomic mass is 19.1. The van der Waals surface area contributed by atoms with Crippen molar-refractivity contribution in [2.75, 3.05) is 0 Å². The van der Waals surface area contributed by atoms with E-state index in [1.807, 2.05) is 24.3 Å². The number of amides is 1. The van der Waals surface area contributed by atoms with Crippen LogP contribution in [0.4, 0.5) is 4.39 Å². The smallest absolute Gasteiger partial charge is 0.248 e. The molecule has 0 aromatic heterocycles. The largest absolute Gasteiger partial charge is 0.366 e. The highest BCUT2D eigenvalue weighted by Crippen LogP contribution is 2.36. The summed E-state index contributed by atoms with van der Waals surface area (Å²) < 4.78 is 13.2. The first-order chi connectivity index (χ1) is 10.3. The van der Waals surface area contributed by atoms with Crippen molar-refractivity contribution in [3.05, 3.63) is 71.0 Å². The Morgan fingerprint density at radius 3 is 1.86 bits per heavy atom. The van der Waals surface area contributed by atoms with E-state index in [1.54, 1.807) is 12.1 Å². The van der Waals surface area contributed by atoms with Gasteiger partial charge < -0.3 is 5.73 Å². The molecular weight excluding hydrogens is 277 g/mol. The van der Waals surface area contributed by atoms with Crippen LogP contribution in [-0.4, -0.2) is 5.91 Å². The van der Waals surface area contributed by atoms with Crippen molar-refractivity contribution in [3.63, 3.8) is 0 Å². The quantitative estimate of drug-likeness (QED) is 0.888. The number of benzene rings is 2. The zero-order valence-electron chi connectivity index (χ0n) is 13.3. The van der Waals surface area contributed by atoms with Gasteiger partial charge in [-0.2, -0.15) is 0 Å². The molecule has 1 amide bonds. The fourth-order valence-corrected chi connectivity index (χ4v) is 2.62. The maximum Gasteiger partial charge on any atom is 0.248 e. The molecule has 2 rings (SSSR count). The van der Waals surface area contributed by atoms with Crippen molar-refractivity contribution in [1.29, 1.82) is 0 Å². The van der Waals surface area contributed by atoms with E-state index in [-0.39, 0.29) is 17.2 Å². The van der Waals surface area contributed by atoms with Crippen LogP contribution in [0.15, 0.2) is 48.5 Å². The second kappa shape index (κ2) is 6.30. The number of rotatable bonds is 4. The van der Waals surface area contributed by atoms with Crippen molar-refractivity contribution in [3.8, 4) is 0 Å². The third kappa shape index (κ3) is 4.17. The maximum atomic E-state index is 13.2. The highest BCUT2D eigenvalue weighted by molar-refractivity contribution is 5.92. The van der Waals surface area contributed by atoms with Gasteiger partial charge in [-0.1, -0.05) is 45.0 Å². The van der Waals surface area contributed by atoms with Crippen LogP contribution in [0.2, 0.25) is 0 Å². The Labute approximate surface area is 131 Å². The van der Waals surface area contributed by atoms with Crippen molar-refractivity contribution in [1.82, 2.24) is 0 Å². The van der Waals surface area contributed by atoms with Crippen LogP contribution in [-0.2, 0) is 0 Å². The number of hydrogen-bond donors (Lipinski definition) is 1. The predicted octanol–water partition coefficient (Wildman–Crippen LogP) is 4.49. The Balaban J connectivity index is 2.39. The number of carbonyl (C=O) groups excluding carboxylic acids is 1. The third-order valence-corrected chi connectivity index (χ3v) is 3.69. The molecule has 0 aliphatic heterocycles. The summed E-state index contributed by atoms with van der Waals surface area (Å²) in [5.74, 6) is -0.509. The monoisotopic (exact) mass is 299 g/mol. The predicted molar refractivity (Wildman–Crippen MR) is 87.3 cm³/mol. The van der Waals surface area contributed by atoms with E-state index in [0.29, 0.717) is 5.56 Å². The molecule has 0 saturated heterocycles. The standard InChI is InChI=1S/C19H22FNO/c1-19(2,3)12-17(14-8-10-16(20)11-9-14)13-4-6-15(7-5-13)18(21)22/h4-11,17H,12H2,1-3H3,(H2,21,22). The number of hydrogen-bond acceptors (Lipinski definition) is 1. The number of carbonyl (C=O) groups is 1. The van der Waals surface area contributed by atoms with Crippen LogP contribution < -0.4 is 5.73 Å². The minimum atomic E-state index is -0.430. The Kier molecular flexibility index (Phi) is 4.65. The molecule has 22 heavy (non-hydrogen) atoms. The summed E-state index contributed by atoms with van der Waals surface area (Å²) >= 11 is 0. The molecule has 0 saturated carbocycles. The summed E-state index contributed by atoms with van der Waals surface area (Å²) in [5, 5.41) is 0. The molecule has 116 valence electrons.